The molecule has 8 nitrogen and oxygen atoms in total. The molecule has 0 aliphatic rings. The maximum atomic E-state index is 13.9. The molecule has 0 radical (unpaired) electrons. The summed E-state index contributed by atoms with van der Waals surface area (Å²) >= 11 is 0. The van der Waals surface area contributed by atoms with Crippen LogP contribution in [0.15, 0.2) is 57.8 Å². The first-order valence-corrected chi connectivity index (χ1v) is 9.22. The van der Waals surface area contributed by atoms with Gasteiger partial charge in [0.2, 0.25) is 15.9 Å². The van der Waals surface area contributed by atoms with Crippen LogP contribution >= 0.6 is 0 Å². The lowest BCUT2D eigenvalue weighted by Gasteiger charge is -2.10. The predicted molar refractivity (Wildman–Crippen MR) is 91.3 cm³/mol. The number of hydrogen-bond acceptors (Lipinski definition) is 7. The summed E-state index contributed by atoms with van der Waals surface area (Å²) < 4.78 is 47.2. The van der Waals surface area contributed by atoms with E-state index in [0.717, 1.165) is 18.2 Å². The van der Waals surface area contributed by atoms with Crippen LogP contribution < -0.4 is 5.14 Å². The quantitative estimate of drug-likeness (QED) is 0.662. The van der Waals surface area contributed by atoms with Gasteiger partial charge in [0.25, 0.3) is 5.89 Å². The summed E-state index contributed by atoms with van der Waals surface area (Å²) in [5.74, 6) is -1.80. The van der Waals surface area contributed by atoms with Crippen LogP contribution in [0.4, 0.5) is 4.39 Å². The van der Waals surface area contributed by atoms with Gasteiger partial charge in [0.1, 0.15) is 5.82 Å². The summed E-state index contributed by atoms with van der Waals surface area (Å²) in [5, 5.41) is 12.7. The molecule has 0 fully saturated rings. The number of hydrogen-bond donors (Lipinski definition) is 1. The lowest BCUT2D eigenvalue weighted by molar-refractivity contribution is 0.0274. The maximum absolute atomic E-state index is 13.9. The number of esters is 1. The van der Waals surface area contributed by atoms with Crippen LogP contribution in [0.25, 0.3) is 11.5 Å². The molecule has 2 N–H and O–H groups in total. The van der Waals surface area contributed by atoms with Crippen LogP contribution in [0.5, 0.6) is 0 Å². The van der Waals surface area contributed by atoms with Crippen molar-refractivity contribution in [2.45, 2.75) is 17.9 Å². The smallest absolute Gasteiger partial charge is 0.341 e. The van der Waals surface area contributed by atoms with Crippen LogP contribution in [0.2, 0.25) is 0 Å². The fourth-order valence-corrected chi connectivity index (χ4v) is 2.75. The number of rotatable bonds is 5. The van der Waals surface area contributed by atoms with Crippen molar-refractivity contribution in [2.75, 3.05) is 0 Å². The second-order valence-corrected chi connectivity index (χ2v) is 7.11. The number of benzene rings is 2. The van der Waals surface area contributed by atoms with E-state index in [1.165, 1.54) is 6.92 Å². The van der Waals surface area contributed by atoms with Gasteiger partial charge in [-0.15, -0.1) is 10.2 Å². The Kier molecular flexibility index (Phi) is 5.02. The number of sulfonamides is 1. The van der Waals surface area contributed by atoms with E-state index in [9.17, 15) is 17.6 Å². The third-order valence-electron chi connectivity index (χ3n) is 3.58. The summed E-state index contributed by atoms with van der Waals surface area (Å²) in [4.78, 5) is 11.8. The summed E-state index contributed by atoms with van der Waals surface area (Å²) in [7, 11) is -4.10. The molecule has 1 heterocycles. The average Bonchev–Trinajstić information content (AvgIpc) is 3.12. The van der Waals surface area contributed by atoms with Gasteiger partial charge >= 0.3 is 5.97 Å². The standard InChI is InChI=1S/C17H14FN3O5S/c1-10(15-20-21-16(26-15)11-5-3-2-4-6-11)25-17(22)13-9-12(27(19,23)24)7-8-14(13)18/h2-10H,1H3,(H2,19,23,24)/t10-/m0/s1. The van der Waals surface area contributed by atoms with Crippen LogP contribution in [-0.4, -0.2) is 24.6 Å². The van der Waals surface area contributed by atoms with Crippen molar-refractivity contribution < 1.29 is 26.8 Å². The summed E-state index contributed by atoms with van der Waals surface area (Å²) in [6.07, 6.45) is -0.986. The molecular weight excluding hydrogens is 377 g/mol. The Hall–Kier alpha value is -3.11. The molecule has 0 bridgehead atoms. The van der Waals surface area contributed by atoms with E-state index in [4.69, 9.17) is 14.3 Å². The molecule has 0 saturated carbocycles. The monoisotopic (exact) mass is 391 g/mol. The number of aromatic nitrogens is 2. The van der Waals surface area contributed by atoms with Crippen molar-refractivity contribution in [1.82, 2.24) is 10.2 Å². The zero-order chi connectivity index (χ0) is 19.6. The Balaban J connectivity index is 1.80. The van der Waals surface area contributed by atoms with Crippen molar-refractivity contribution in [3.8, 4) is 11.5 Å². The van der Waals surface area contributed by atoms with Crippen molar-refractivity contribution in [2.24, 2.45) is 5.14 Å². The Morgan fingerprint density at radius 3 is 2.56 bits per heavy atom. The molecule has 0 saturated heterocycles. The zero-order valence-corrected chi connectivity index (χ0v) is 14.8. The average molecular weight is 391 g/mol. The molecular formula is C17H14FN3O5S. The molecule has 2 aromatic carbocycles. The molecule has 140 valence electrons. The highest BCUT2D eigenvalue weighted by atomic mass is 32.2. The minimum absolute atomic E-state index is 0.00483. The summed E-state index contributed by atoms with van der Waals surface area (Å²) in [5.41, 5.74) is 0.109. The number of nitrogens with zero attached hydrogens (tertiary/aromatic N) is 2. The number of ether oxygens (including phenoxy) is 1. The number of carbonyl (C=O) groups is 1. The van der Waals surface area contributed by atoms with Crippen LogP contribution in [0, 0.1) is 5.82 Å². The van der Waals surface area contributed by atoms with E-state index >= 15 is 0 Å². The highest BCUT2D eigenvalue weighted by Crippen LogP contribution is 2.24. The fraction of sp³-hybridized carbons (Fsp3) is 0.118. The molecule has 0 amide bonds. The normalized spacial score (nSPS) is 12.6. The second kappa shape index (κ2) is 7.25. The molecule has 10 heteroatoms. The lowest BCUT2D eigenvalue weighted by Crippen LogP contribution is -2.15. The van der Waals surface area contributed by atoms with Crippen LogP contribution in [-0.2, 0) is 14.8 Å². The van der Waals surface area contributed by atoms with Crippen molar-refractivity contribution in [1.29, 1.82) is 0 Å². The van der Waals surface area contributed by atoms with Gasteiger partial charge in [-0.05, 0) is 37.3 Å². The second-order valence-electron chi connectivity index (χ2n) is 5.55. The van der Waals surface area contributed by atoms with Crippen LogP contribution in [0.3, 0.4) is 0 Å². The zero-order valence-electron chi connectivity index (χ0n) is 14.0. The number of halogens is 1. The Morgan fingerprint density at radius 1 is 1.19 bits per heavy atom. The molecule has 0 spiro atoms. The summed E-state index contributed by atoms with van der Waals surface area (Å²) in [6.45, 7) is 1.46. The highest BCUT2D eigenvalue weighted by Gasteiger charge is 2.23. The van der Waals surface area contributed by atoms with Gasteiger partial charge in [0, 0.05) is 5.56 Å². The van der Waals surface area contributed by atoms with E-state index < -0.39 is 38.4 Å². The van der Waals surface area contributed by atoms with Gasteiger partial charge in [0.15, 0.2) is 6.10 Å². The molecule has 3 rings (SSSR count). The largest absolute Gasteiger partial charge is 0.449 e. The van der Waals surface area contributed by atoms with Gasteiger partial charge < -0.3 is 9.15 Å². The van der Waals surface area contributed by atoms with Crippen LogP contribution in [0.1, 0.15) is 29.3 Å². The Labute approximate surface area is 153 Å². The SMILES string of the molecule is C[C@H](OC(=O)c1cc(S(N)(=O)=O)ccc1F)c1nnc(-c2ccccc2)o1. The molecule has 0 unspecified atom stereocenters. The van der Waals surface area contributed by atoms with Gasteiger partial charge in [0.05, 0.1) is 10.5 Å². The first kappa shape index (κ1) is 18.7. The molecule has 1 atom stereocenters. The van der Waals surface area contributed by atoms with Gasteiger partial charge in [-0.25, -0.2) is 22.7 Å². The van der Waals surface area contributed by atoms with E-state index in [0.29, 0.717) is 5.56 Å². The third-order valence-corrected chi connectivity index (χ3v) is 4.49. The van der Waals surface area contributed by atoms with Gasteiger partial charge in [-0.1, -0.05) is 18.2 Å². The molecule has 1 aromatic heterocycles. The van der Waals surface area contributed by atoms with Gasteiger partial charge in [-0.3, -0.25) is 0 Å². The molecule has 0 aliphatic carbocycles. The first-order chi connectivity index (χ1) is 12.8. The summed E-state index contributed by atoms with van der Waals surface area (Å²) in [6, 6.07) is 11.5. The number of primary sulfonamides is 1. The fourth-order valence-electron chi connectivity index (χ4n) is 2.21. The molecule has 0 aliphatic heterocycles. The van der Waals surface area contributed by atoms with Crippen molar-refractivity contribution in [3.63, 3.8) is 0 Å². The number of carbonyl (C=O) groups excluding carboxylic acids is 1. The molecule has 3 aromatic rings. The van der Waals surface area contributed by atoms with E-state index in [-0.39, 0.29) is 11.8 Å². The van der Waals surface area contributed by atoms with Gasteiger partial charge in [-0.2, -0.15) is 0 Å². The maximum Gasteiger partial charge on any atom is 0.341 e. The predicted octanol–water partition coefficient (Wildman–Crippen LogP) is 2.44. The Bertz CT molecular complexity index is 1080. The lowest BCUT2D eigenvalue weighted by atomic mass is 10.2. The van der Waals surface area contributed by atoms with E-state index in [1.807, 2.05) is 6.07 Å². The highest BCUT2D eigenvalue weighted by molar-refractivity contribution is 7.89. The Morgan fingerprint density at radius 2 is 1.89 bits per heavy atom. The molecule has 27 heavy (non-hydrogen) atoms. The first-order valence-electron chi connectivity index (χ1n) is 7.68. The number of nitrogens with two attached hydrogens (primary N) is 1. The minimum Gasteiger partial charge on any atom is -0.449 e. The van der Waals surface area contributed by atoms with Crippen molar-refractivity contribution in [3.05, 3.63) is 65.8 Å². The minimum atomic E-state index is -4.10. The van der Waals surface area contributed by atoms with E-state index in [2.05, 4.69) is 10.2 Å². The van der Waals surface area contributed by atoms with Crippen molar-refractivity contribution >= 4 is 16.0 Å². The van der Waals surface area contributed by atoms with E-state index in [1.54, 1.807) is 24.3 Å². The third kappa shape index (κ3) is 4.18. The topological polar surface area (TPSA) is 125 Å².